The van der Waals surface area contributed by atoms with E-state index < -0.39 is 0 Å². The summed E-state index contributed by atoms with van der Waals surface area (Å²) in [6, 6.07) is 15.3. The molecule has 0 radical (unpaired) electrons. The highest BCUT2D eigenvalue weighted by molar-refractivity contribution is 6.52. The lowest BCUT2D eigenvalue weighted by molar-refractivity contribution is -0.114. The Labute approximate surface area is 224 Å². The second-order valence-electron chi connectivity index (χ2n) is 8.24. The van der Waals surface area contributed by atoms with E-state index in [2.05, 4.69) is 26.1 Å². The van der Waals surface area contributed by atoms with Gasteiger partial charge in [-0.1, -0.05) is 6.08 Å². The van der Waals surface area contributed by atoms with Crippen molar-refractivity contribution in [3.63, 3.8) is 0 Å². The SMILES string of the molecule is COc1cc(N/N=C2/C=Cc3cc(NC(C)=O)ccc3C2=O)c(OC)cc1/N=N/c1ccc(OCCO)cc1. The number of aliphatic hydroxyl groups is 1. The van der Waals surface area contributed by atoms with Crippen LogP contribution >= 0.6 is 0 Å². The van der Waals surface area contributed by atoms with Crippen molar-refractivity contribution >= 4 is 46.2 Å². The highest BCUT2D eigenvalue weighted by Crippen LogP contribution is 2.39. The number of carbonyl (C=O) groups is 2. The summed E-state index contributed by atoms with van der Waals surface area (Å²) in [4.78, 5) is 24.3. The number of anilines is 2. The third kappa shape index (κ3) is 6.65. The molecule has 0 atom stereocenters. The Morgan fingerprint density at radius 1 is 0.949 bits per heavy atom. The third-order valence-corrected chi connectivity index (χ3v) is 5.54. The maximum atomic E-state index is 13.0. The molecule has 39 heavy (non-hydrogen) atoms. The largest absolute Gasteiger partial charge is 0.494 e. The minimum Gasteiger partial charge on any atom is -0.494 e. The first kappa shape index (κ1) is 27.0. The number of nitrogens with zero attached hydrogens (tertiary/aromatic N) is 3. The molecule has 3 aromatic rings. The second-order valence-corrected chi connectivity index (χ2v) is 8.24. The molecule has 0 heterocycles. The fraction of sp³-hybridized carbons (Fsp3) is 0.179. The smallest absolute Gasteiger partial charge is 0.221 e. The van der Waals surface area contributed by atoms with Crippen LogP contribution in [0.1, 0.15) is 22.8 Å². The number of methoxy groups -OCH3 is 2. The van der Waals surface area contributed by atoms with E-state index in [9.17, 15) is 9.59 Å². The van der Waals surface area contributed by atoms with E-state index in [1.165, 1.54) is 21.1 Å². The van der Waals surface area contributed by atoms with Gasteiger partial charge in [-0.15, -0.1) is 5.11 Å². The predicted octanol–water partition coefficient (Wildman–Crippen LogP) is 5.13. The van der Waals surface area contributed by atoms with Crippen LogP contribution in [0.25, 0.3) is 6.08 Å². The molecule has 0 fully saturated rings. The number of aliphatic hydroxyl groups excluding tert-OH is 1. The Morgan fingerprint density at radius 3 is 2.41 bits per heavy atom. The molecule has 0 spiro atoms. The van der Waals surface area contributed by atoms with Crippen LogP contribution in [0.3, 0.4) is 0 Å². The van der Waals surface area contributed by atoms with E-state index in [0.29, 0.717) is 51.1 Å². The average molecular weight is 530 g/mol. The third-order valence-electron chi connectivity index (χ3n) is 5.54. The number of Topliss-reactive ketones (excluding diaryl/α,β-unsaturated/α-hetero) is 1. The number of hydrazone groups is 1. The van der Waals surface area contributed by atoms with Gasteiger partial charge in [0.1, 0.15) is 40.9 Å². The molecular weight excluding hydrogens is 502 g/mol. The molecule has 1 amide bonds. The topological polar surface area (TPSA) is 143 Å². The lowest BCUT2D eigenvalue weighted by Gasteiger charge is -2.14. The number of benzene rings is 3. The molecule has 0 saturated carbocycles. The molecule has 3 aromatic carbocycles. The fourth-order valence-corrected chi connectivity index (χ4v) is 3.71. The number of allylic oxidation sites excluding steroid dienone is 1. The van der Waals surface area contributed by atoms with Gasteiger partial charge in [0.25, 0.3) is 0 Å². The van der Waals surface area contributed by atoms with Crippen LogP contribution in [0.15, 0.2) is 76.0 Å². The molecule has 1 aliphatic carbocycles. The van der Waals surface area contributed by atoms with Gasteiger partial charge in [0, 0.05) is 30.3 Å². The van der Waals surface area contributed by atoms with Gasteiger partial charge in [0.15, 0.2) is 0 Å². The number of hydrogen-bond donors (Lipinski definition) is 3. The molecule has 3 N–H and O–H groups in total. The minimum atomic E-state index is -0.265. The van der Waals surface area contributed by atoms with Crippen LogP contribution in [0.4, 0.5) is 22.7 Å². The summed E-state index contributed by atoms with van der Waals surface area (Å²) in [5.74, 6) is 0.978. The summed E-state index contributed by atoms with van der Waals surface area (Å²) < 4.78 is 16.3. The molecular formula is C28H27N5O6. The molecule has 11 heteroatoms. The number of carbonyl (C=O) groups excluding carboxylic acids is 2. The Kier molecular flexibility index (Phi) is 8.64. The van der Waals surface area contributed by atoms with Gasteiger partial charge in [0.2, 0.25) is 11.7 Å². The zero-order valence-electron chi connectivity index (χ0n) is 21.6. The molecule has 0 unspecified atom stereocenters. The van der Waals surface area contributed by atoms with Gasteiger partial charge in [-0.05, 0) is 54.1 Å². The maximum Gasteiger partial charge on any atom is 0.221 e. The van der Waals surface area contributed by atoms with Gasteiger partial charge in [-0.3, -0.25) is 15.0 Å². The molecule has 0 aliphatic heterocycles. The highest BCUT2D eigenvalue weighted by Gasteiger charge is 2.20. The summed E-state index contributed by atoms with van der Waals surface area (Å²) in [6.07, 6.45) is 3.36. The van der Waals surface area contributed by atoms with Crippen molar-refractivity contribution in [2.24, 2.45) is 15.3 Å². The van der Waals surface area contributed by atoms with Crippen LogP contribution in [0, 0.1) is 0 Å². The van der Waals surface area contributed by atoms with Crippen molar-refractivity contribution in [1.82, 2.24) is 0 Å². The normalized spacial score (nSPS) is 13.3. The Morgan fingerprint density at radius 2 is 1.72 bits per heavy atom. The molecule has 0 saturated heterocycles. The standard InChI is InChI=1S/C28H27N5O6/c1-17(35)29-20-7-10-22-18(14-20)4-11-23(28(22)36)31-33-25-16-26(37-2)24(15-27(25)38-3)32-30-19-5-8-21(9-6-19)39-13-12-34/h4-11,14-16,33-34H,12-13H2,1-3H3,(H,29,35)/b31-23-,32-30+. The van der Waals surface area contributed by atoms with Crippen LogP contribution < -0.4 is 25.0 Å². The monoisotopic (exact) mass is 529 g/mol. The molecule has 0 aromatic heterocycles. The number of ketones is 1. The highest BCUT2D eigenvalue weighted by atomic mass is 16.5. The van der Waals surface area contributed by atoms with Crippen molar-refractivity contribution in [2.45, 2.75) is 6.92 Å². The lowest BCUT2D eigenvalue weighted by atomic mass is 9.94. The van der Waals surface area contributed by atoms with E-state index >= 15 is 0 Å². The van der Waals surface area contributed by atoms with Crippen molar-refractivity contribution < 1.29 is 28.9 Å². The Hall–Kier alpha value is -5.03. The summed E-state index contributed by atoms with van der Waals surface area (Å²) in [6.45, 7) is 1.57. The predicted molar refractivity (Wildman–Crippen MR) is 148 cm³/mol. The molecule has 11 nitrogen and oxygen atoms in total. The van der Waals surface area contributed by atoms with Gasteiger partial charge in [-0.2, -0.15) is 10.2 Å². The minimum absolute atomic E-state index is 0.0661. The number of azo groups is 1. The second kappa shape index (κ2) is 12.5. The zero-order valence-corrected chi connectivity index (χ0v) is 21.6. The van der Waals surface area contributed by atoms with Gasteiger partial charge < -0.3 is 24.6 Å². The van der Waals surface area contributed by atoms with Crippen molar-refractivity contribution in [2.75, 3.05) is 38.2 Å². The van der Waals surface area contributed by atoms with Gasteiger partial charge >= 0.3 is 0 Å². The number of nitrogens with one attached hydrogen (secondary N) is 2. The van der Waals surface area contributed by atoms with E-state index in [4.69, 9.17) is 19.3 Å². The van der Waals surface area contributed by atoms with E-state index in [1.54, 1.807) is 66.7 Å². The first-order chi connectivity index (χ1) is 18.9. The quantitative estimate of drug-likeness (QED) is 0.244. The molecule has 1 aliphatic rings. The molecule has 200 valence electrons. The van der Waals surface area contributed by atoms with E-state index in [0.717, 1.165) is 0 Å². The summed E-state index contributed by atoms with van der Waals surface area (Å²) in [5, 5.41) is 24.4. The first-order valence-electron chi connectivity index (χ1n) is 11.9. The van der Waals surface area contributed by atoms with Crippen LogP contribution in [0.2, 0.25) is 0 Å². The van der Waals surface area contributed by atoms with Crippen LogP contribution in [-0.2, 0) is 4.79 Å². The molecule has 4 rings (SSSR count). The summed E-state index contributed by atoms with van der Waals surface area (Å²) in [7, 11) is 3.00. The number of hydrogen-bond acceptors (Lipinski definition) is 10. The number of fused-ring (bicyclic) bond motifs is 1. The first-order valence-corrected chi connectivity index (χ1v) is 11.9. The fourth-order valence-electron chi connectivity index (χ4n) is 3.71. The van der Waals surface area contributed by atoms with Crippen molar-refractivity contribution in [3.05, 3.63) is 71.8 Å². The number of amides is 1. The van der Waals surface area contributed by atoms with Crippen molar-refractivity contribution in [3.8, 4) is 17.2 Å². The average Bonchev–Trinajstić information content (AvgIpc) is 2.94. The number of rotatable bonds is 10. The zero-order chi connectivity index (χ0) is 27.8. The number of ether oxygens (including phenoxy) is 3. The van der Waals surface area contributed by atoms with E-state index in [-0.39, 0.29) is 30.6 Å². The molecule has 0 bridgehead atoms. The Balaban J connectivity index is 1.52. The van der Waals surface area contributed by atoms with Crippen LogP contribution in [0.5, 0.6) is 17.2 Å². The summed E-state index contributed by atoms with van der Waals surface area (Å²) >= 11 is 0. The van der Waals surface area contributed by atoms with E-state index in [1.807, 2.05) is 0 Å². The Bertz CT molecular complexity index is 1460. The lowest BCUT2D eigenvalue weighted by Crippen LogP contribution is -2.18. The van der Waals surface area contributed by atoms with Crippen LogP contribution in [-0.4, -0.2) is 49.9 Å². The van der Waals surface area contributed by atoms with Gasteiger partial charge in [-0.25, -0.2) is 0 Å². The summed E-state index contributed by atoms with van der Waals surface area (Å²) in [5.41, 5.74) is 6.32. The van der Waals surface area contributed by atoms with Crippen molar-refractivity contribution in [1.29, 1.82) is 0 Å². The van der Waals surface area contributed by atoms with Gasteiger partial charge in [0.05, 0.1) is 26.5 Å². The maximum absolute atomic E-state index is 13.0.